The van der Waals surface area contributed by atoms with Crippen LogP contribution in [0, 0.1) is 0 Å². The van der Waals surface area contributed by atoms with Gasteiger partial charge in [-0.2, -0.15) is 0 Å². The van der Waals surface area contributed by atoms with Crippen molar-refractivity contribution in [2.45, 2.75) is 57.7 Å². The van der Waals surface area contributed by atoms with Gasteiger partial charge >= 0.3 is 0 Å². The number of fused-ring (bicyclic) bond motifs is 1. The Labute approximate surface area is 187 Å². The number of carbonyl (C=O) groups excluding carboxylic acids is 1. The fraction of sp³-hybridized carbons (Fsp3) is 0.400. The van der Waals surface area contributed by atoms with E-state index in [1.165, 1.54) is 10.9 Å². The van der Waals surface area contributed by atoms with Gasteiger partial charge in [0.1, 0.15) is 12.1 Å². The average molecular weight is 435 g/mol. The summed E-state index contributed by atoms with van der Waals surface area (Å²) in [6.07, 6.45) is 3.16. The Morgan fingerprint density at radius 2 is 1.81 bits per heavy atom. The molecule has 0 spiro atoms. The standard InChI is InChI=1S/C25H30N4O3/c1-24(2)13-17(14-25(3,4)28-24)27-22(30)16-10-11-18-19(12-16)26-15-29(23(18)31)20-8-6-7-9-21(20)32-5/h6-12,15,17,28H,13-14H2,1-5H3,(H,27,30). The summed E-state index contributed by atoms with van der Waals surface area (Å²) in [5, 5.41) is 7.24. The minimum Gasteiger partial charge on any atom is -0.495 e. The van der Waals surface area contributed by atoms with E-state index in [4.69, 9.17) is 4.74 Å². The number of hydrogen-bond acceptors (Lipinski definition) is 5. The van der Waals surface area contributed by atoms with Crippen LogP contribution in [0.15, 0.2) is 53.6 Å². The molecule has 1 fully saturated rings. The van der Waals surface area contributed by atoms with Crippen molar-refractivity contribution in [3.05, 3.63) is 64.7 Å². The van der Waals surface area contributed by atoms with Crippen molar-refractivity contribution in [1.82, 2.24) is 20.2 Å². The number of nitrogens with zero attached hydrogens (tertiary/aromatic N) is 2. The lowest BCUT2D eigenvalue weighted by Gasteiger charge is -2.46. The molecule has 2 heterocycles. The first kappa shape index (κ1) is 22.0. The molecular formula is C25H30N4O3. The Morgan fingerprint density at radius 1 is 1.12 bits per heavy atom. The van der Waals surface area contributed by atoms with E-state index in [9.17, 15) is 9.59 Å². The van der Waals surface area contributed by atoms with Crippen LogP contribution in [0.3, 0.4) is 0 Å². The number of benzene rings is 2. The molecule has 2 N–H and O–H groups in total. The van der Waals surface area contributed by atoms with E-state index < -0.39 is 0 Å². The van der Waals surface area contributed by atoms with Crippen LogP contribution >= 0.6 is 0 Å². The molecule has 0 radical (unpaired) electrons. The zero-order valence-corrected chi connectivity index (χ0v) is 19.2. The molecule has 0 aliphatic carbocycles. The molecule has 32 heavy (non-hydrogen) atoms. The molecule has 1 aliphatic rings. The lowest BCUT2D eigenvalue weighted by atomic mass is 9.79. The van der Waals surface area contributed by atoms with E-state index >= 15 is 0 Å². The lowest BCUT2D eigenvalue weighted by Crippen LogP contribution is -2.62. The number of nitrogens with one attached hydrogen (secondary N) is 2. The Bertz CT molecular complexity index is 1210. The number of para-hydroxylation sites is 2. The van der Waals surface area contributed by atoms with Crippen LogP contribution in [0.4, 0.5) is 0 Å². The third-order valence-electron chi connectivity index (χ3n) is 5.89. The minimum atomic E-state index is -0.215. The fourth-order valence-corrected chi connectivity index (χ4v) is 4.96. The molecule has 1 aliphatic heterocycles. The van der Waals surface area contributed by atoms with E-state index in [1.54, 1.807) is 37.4 Å². The number of methoxy groups -OCH3 is 1. The van der Waals surface area contributed by atoms with Crippen molar-refractivity contribution in [2.24, 2.45) is 0 Å². The van der Waals surface area contributed by atoms with Crippen LogP contribution in [0.5, 0.6) is 5.75 Å². The molecule has 7 nitrogen and oxygen atoms in total. The number of ether oxygens (including phenoxy) is 1. The van der Waals surface area contributed by atoms with E-state index in [0.29, 0.717) is 27.9 Å². The second kappa shape index (κ2) is 8.06. The number of hydrogen-bond donors (Lipinski definition) is 2. The molecule has 1 aromatic heterocycles. The normalized spacial score (nSPS) is 17.8. The Kier molecular flexibility index (Phi) is 5.54. The molecule has 0 saturated carbocycles. The Balaban J connectivity index is 1.62. The molecule has 0 atom stereocenters. The monoisotopic (exact) mass is 434 g/mol. The summed E-state index contributed by atoms with van der Waals surface area (Å²) in [6, 6.07) is 12.4. The maximum Gasteiger partial charge on any atom is 0.265 e. The zero-order valence-electron chi connectivity index (χ0n) is 19.2. The predicted molar refractivity (Wildman–Crippen MR) is 126 cm³/mol. The average Bonchev–Trinajstić information content (AvgIpc) is 2.71. The van der Waals surface area contributed by atoms with Gasteiger partial charge in [0.15, 0.2) is 0 Å². The quantitative estimate of drug-likeness (QED) is 0.657. The lowest BCUT2D eigenvalue weighted by molar-refractivity contribution is 0.0873. The van der Waals surface area contributed by atoms with Gasteiger partial charge in [-0.1, -0.05) is 12.1 Å². The third-order valence-corrected chi connectivity index (χ3v) is 5.89. The molecule has 4 rings (SSSR count). The van der Waals surface area contributed by atoms with Gasteiger partial charge < -0.3 is 15.4 Å². The minimum absolute atomic E-state index is 0.0613. The molecule has 0 bridgehead atoms. The second-order valence-electron chi connectivity index (χ2n) is 9.79. The first-order valence-electron chi connectivity index (χ1n) is 10.8. The highest BCUT2D eigenvalue weighted by molar-refractivity contribution is 5.97. The summed E-state index contributed by atoms with van der Waals surface area (Å²) >= 11 is 0. The molecule has 1 saturated heterocycles. The highest BCUT2D eigenvalue weighted by Gasteiger charge is 2.38. The van der Waals surface area contributed by atoms with Crippen molar-refractivity contribution in [3.8, 4) is 11.4 Å². The van der Waals surface area contributed by atoms with E-state index in [1.807, 2.05) is 12.1 Å². The number of carbonyl (C=O) groups is 1. The van der Waals surface area contributed by atoms with Crippen molar-refractivity contribution >= 4 is 16.8 Å². The summed E-state index contributed by atoms with van der Waals surface area (Å²) in [6.45, 7) is 8.61. The van der Waals surface area contributed by atoms with Gasteiger partial charge in [0.05, 0.1) is 23.7 Å². The van der Waals surface area contributed by atoms with E-state index in [0.717, 1.165) is 12.8 Å². The summed E-state index contributed by atoms with van der Waals surface area (Å²) in [5.74, 6) is 0.431. The van der Waals surface area contributed by atoms with Gasteiger partial charge in [0.25, 0.3) is 11.5 Å². The zero-order chi connectivity index (χ0) is 23.1. The Hall–Kier alpha value is -3.19. The molecule has 7 heteroatoms. The maximum absolute atomic E-state index is 13.1. The molecule has 1 amide bonds. The number of piperidine rings is 1. The molecule has 3 aromatic rings. The van der Waals surface area contributed by atoms with Gasteiger partial charge in [-0.25, -0.2) is 4.98 Å². The van der Waals surface area contributed by atoms with Gasteiger partial charge in [0.2, 0.25) is 0 Å². The van der Waals surface area contributed by atoms with Crippen LogP contribution in [-0.4, -0.2) is 39.7 Å². The van der Waals surface area contributed by atoms with Gasteiger partial charge in [-0.05, 0) is 70.9 Å². The largest absolute Gasteiger partial charge is 0.495 e. The third kappa shape index (κ3) is 4.39. The maximum atomic E-state index is 13.1. The van der Waals surface area contributed by atoms with Crippen molar-refractivity contribution in [1.29, 1.82) is 0 Å². The molecule has 0 unspecified atom stereocenters. The molecule has 2 aromatic carbocycles. The van der Waals surface area contributed by atoms with Gasteiger partial charge in [-0.3, -0.25) is 14.2 Å². The topological polar surface area (TPSA) is 85.2 Å². The van der Waals surface area contributed by atoms with Crippen molar-refractivity contribution in [2.75, 3.05) is 7.11 Å². The highest BCUT2D eigenvalue weighted by Crippen LogP contribution is 2.29. The Morgan fingerprint density at radius 3 is 2.50 bits per heavy atom. The van der Waals surface area contributed by atoms with Crippen LogP contribution in [0.1, 0.15) is 50.9 Å². The van der Waals surface area contributed by atoms with Crippen LogP contribution in [0.2, 0.25) is 0 Å². The van der Waals surface area contributed by atoms with E-state index in [-0.39, 0.29) is 28.6 Å². The fourth-order valence-electron chi connectivity index (χ4n) is 4.96. The smallest absolute Gasteiger partial charge is 0.265 e. The molecule has 168 valence electrons. The van der Waals surface area contributed by atoms with Gasteiger partial charge in [-0.15, -0.1) is 0 Å². The molecular weight excluding hydrogens is 404 g/mol. The van der Waals surface area contributed by atoms with Crippen LogP contribution < -0.4 is 20.9 Å². The summed E-state index contributed by atoms with van der Waals surface area (Å²) in [7, 11) is 1.56. The summed E-state index contributed by atoms with van der Waals surface area (Å²) in [4.78, 5) is 30.5. The van der Waals surface area contributed by atoms with Crippen LogP contribution in [0.25, 0.3) is 16.6 Å². The van der Waals surface area contributed by atoms with Gasteiger partial charge in [0, 0.05) is 22.7 Å². The number of rotatable bonds is 4. The summed E-state index contributed by atoms with van der Waals surface area (Å²) < 4.78 is 6.83. The van der Waals surface area contributed by atoms with Crippen LogP contribution in [-0.2, 0) is 0 Å². The SMILES string of the molecule is COc1ccccc1-n1cnc2cc(C(=O)NC3CC(C)(C)NC(C)(C)C3)ccc2c1=O. The van der Waals surface area contributed by atoms with E-state index in [2.05, 4.69) is 43.3 Å². The first-order chi connectivity index (χ1) is 15.1. The second-order valence-corrected chi connectivity index (χ2v) is 9.79. The predicted octanol–water partition coefficient (Wildman–Crippen LogP) is 3.43. The highest BCUT2D eigenvalue weighted by atomic mass is 16.5. The number of aromatic nitrogens is 2. The first-order valence-corrected chi connectivity index (χ1v) is 10.8. The van der Waals surface area contributed by atoms with Crippen molar-refractivity contribution < 1.29 is 9.53 Å². The summed E-state index contributed by atoms with van der Waals surface area (Å²) in [5.41, 5.74) is 1.26. The van der Waals surface area contributed by atoms with Crippen molar-refractivity contribution in [3.63, 3.8) is 0 Å². The number of amides is 1.